The van der Waals surface area contributed by atoms with Gasteiger partial charge in [0, 0.05) is 34.3 Å². The van der Waals surface area contributed by atoms with Crippen LogP contribution in [0, 0.1) is 13.8 Å². The molecule has 38 heavy (non-hydrogen) atoms. The summed E-state index contributed by atoms with van der Waals surface area (Å²) >= 11 is 0. The minimum absolute atomic E-state index is 0.101. The van der Waals surface area contributed by atoms with E-state index in [1.807, 2.05) is 32.0 Å². The summed E-state index contributed by atoms with van der Waals surface area (Å²) in [6.07, 6.45) is 5.18. The number of hydrogen-bond donors (Lipinski definition) is 2. The number of carbonyl (C=O) groups is 3. The molecule has 2 aromatic rings. The summed E-state index contributed by atoms with van der Waals surface area (Å²) in [5, 5.41) is 5.78. The molecule has 10 heteroatoms. The van der Waals surface area contributed by atoms with Crippen molar-refractivity contribution in [3.63, 3.8) is 0 Å². The number of rotatable bonds is 9. The lowest BCUT2D eigenvalue weighted by atomic mass is 9.95. The van der Waals surface area contributed by atoms with E-state index in [0.29, 0.717) is 22.9 Å². The predicted molar refractivity (Wildman–Crippen MR) is 147 cm³/mol. The standard InChI is InChI=1S/C28H35N3O6S/c1-18-9-11-23(19(2)13-18)31(20(3)28(34)30-21-7-5-4-6-8-21)27(33)16-38(35)15-26(32)29-22-10-12-24-25(14-22)37-17-36-24/h9-14,20-21H,4-8,15-17H2,1-3H3,(H,29,32)(H,30,34)/t20-,38-/m0/s1. The molecule has 0 bridgehead atoms. The number of nitrogens with one attached hydrogen (secondary N) is 2. The molecule has 9 nitrogen and oxygen atoms in total. The minimum atomic E-state index is -1.79. The van der Waals surface area contributed by atoms with Crippen LogP contribution in [-0.4, -0.2) is 52.3 Å². The zero-order chi connectivity index (χ0) is 27.2. The Hall–Kier alpha value is -3.40. The summed E-state index contributed by atoms with van der Waals surface area (Å²) in [5.74, 6) is -0.842. The second-order valence-electron chi connectivity index (χ2n) is 9.92. The largest absolute Gasteiger partial charge is 0.454 e. The molecular weight excluding hydrogens is 506 g/mol. The number of hydrogen-bond acceptors (Lipinski definition) is 6. The second kappa shape index (κ2) is 12.4. The first-order valence-electron chi connectivity index (χ1n) is 13.0. The average molecular weight is 542 g/mol. The molecule has 2 atom stereocenters. The maximum atomic E-state index is 13.5. The highest BCUT2D eigenvalue weighted by atomic mass is 32.2. The first-order chi connectivity index (χ1) is 18.2. The molecule has 2 aliphatic rings. The van der Waals surface area contributed by atoms with Crippen LogP contribution in [0.5, 0.6) is 11.5 Å². The van der Waals surface area contributed by atoms with Crippen molar-refractivity contribution in [2.45, 2.75) is 65.0 Å². The van der Waals surface area contributed by atoms with E-state index in [9.17, 15) is 18.6 Å². The van der Waals surface area contributed by atoms with Crippen molar-refractivity contribution in [2.75, 3.05) is 28.5 Å². The van der Waals surface area contributed by atoms with Crippen LogP contribution < -0.4 is 25.0 Å². The van der Waals surface area contributed by atoms with Crippen LogP contribution in [0.4, 0.5) is 11.4 Å². The van der Waals surface area contributed by atoms with Crippen LogP contribution >= 0.6 is 0 Å². The Morgan fingerprint density at radius 2 is 1.74 bits per heavy atom. The molecule has 2 N–H and O–H groups in total. The van der Waals surface area contributed by atoms with E-state index in [4.69, 9.17) is 9.47 Å². The van der Waals surface area contributed by atoms with Crippen molar-refractivity contribution in [1.82, 2.24) is 5.32 Å². The Bertz CT molecular complexity index is 1230. The molecule has 1 aliphatic heterocycles. The van der Waals surface area contributed by atoms with E-state index >= 15 is 0 Å². The number of ether oxygens (including phenoxy) is 2. The third-order valence-electron chi connectivity index (χ3n) is 6.83. The Kier molecular flexibility index (Phi) is 9.04. The van der Waals surface area contributed by atoms with Crippen LogP contribution in [0.1, 0.15) is 50.2 Å². The van der Waals surface area contributed by atoms with E-state index in [1.54, 1.807) is 25.1 Å². The van der Waals surface area contributed by atoms with Crippen molar-refractivity contribution in [3.05, 3.63) is 47.5 Å². The van der Waals surface area contributed by atoms with E-state index in [2.05, 4.69) is 10.6 Å². The van der Waals surface area contributed by atoms with E-state index < -0.39 is 28.7 Å². The SMILES string of the molecule is Cc1ccc(N(C(=O)C[S@@](=O)CC(=O)Nc2ccc3c(c2)OCO3)[C@@H](C)C(=O)NC2CCCCC2)c(C)c1. The van der Waals surface area contributed by atoms with Gasteiger partial charge >= 0.3 is 0 Å². The highest BCUT2D eigenvalue weighted by Gasteiger charge is 2.31. The van der Waals surface area contributed by atoms with Crippen LogP contribution in [0.2, 0.25) is 0 Å². The monoisotopic (exact) mass is 541 g/mol. The summed E-state index contributed by atoms with van der Waals surface area (Å²) in [7, 11) is -1.79. The molecule has 1 heterocycles. The van der Waals surface area contributed by atoms with E-state index in [0.717, 1.165) is 36.8 Å². The Morgan fingerprint density at radius 1 is 1.00 bits per heavy atom. The minimum Gasteiger partial charge on any atom is -0.454 e. The first-order valence-corrected chi connectivity index (χ1v) is 14.4. The highest BCUT2D eigenvalue weighted by molar-refractivity contribution is 7.86. The molecule has 0 saturated heterocycles. The molecule has 1 aliphatic carbocycles. The molecule has 1 fully saturated rings. The summed E-state index contributed by atoms with van der Waals surface area (Å²) in [5.41, 5.74) is 2.94. The lowest BCUT2D eigenvalue weighted by molar-refractivity contribution is -0.126. The van der Waals surface area contributed by atoms with E-state index in [-0.39, 0.29) is 30.2 Å². The molecular formula is C28H35N3O6S. The molecule has 2 aromatic carbocycles. The molecule has 1 saturated carbocycles. The second-order valence-corrected chi connectivity index (χ2v) is 11.4. The summed E-state index contributed by atoms with van der Waals surface area (Å²) < 4.78 is 23.5. The topological polar surface area (TPSA) is 114 Å². The fourth-order valence-electron chi connectivity index (χ4n) is 4.90. The van der Waals surface area contributed by atoms with Gasteiger partial charge in [0.05, 0.1) is 0 Å². The third-order valence-corrected chi connectivity index (χ3v) is 7.98. The fraction of sp³-hybridized carbons (Fsp3) is 0.464. The first kappa shape index (κ1) is 27.6. The van der Waals surface area contributed by atoms with Crippen molar-refractivity contribution >= 4 is 39.9 Å². The highest BCUT2D eigenvalue weighted by Crippen LogP contribution is 2.34. The van der Waals surface area contributed by atoms with Gasteiger partial charge < -0.3 is 20.1 Å². The zero-order valence-corrected chi connectivity index (χ0v) is 22.9. The molecule has 3 amide bonds. The number of carbonyl (C=O) groups excluding carboxylic acids is 3. The van der Waals surface area contributed by atoms with Gasteiger partial charge in [-0.1, -0.05) is 37.0 Å². The molecule has 4 rings (SSSR count). The van der Waals surface area contributed by atoms with Gasteiger partial charge in [-0.05, 0) is 57.4 Å². The zero-order valence-electron chi connectivity index (χ0n) is 22.1. The fourth-order valence-corrected chi connectivity index (χ4v) is 5.78. The van der Waals surface area contributed by atoms with Gasteiger partial charge in [-0.2, -0.15) is 0 Å². The maximum absolute atomic E-state index is 13.5. The Morgan fingerprint density at radius 3 is 2.47 bits per heavy atom. The predicted octanol–water partition coefficient (Wildman–Crippen LogP) is 3.59. The Balaban J connectivity index is 1.43. The summed E-state index contributed by atoms with van der Waals surface area (Å²) in [6, 6.07) is 9.90. The van der Waals surface area contributed by atoms with Crippen molar-refractivity contribution in [3.8, 4) is 11.5 Å². The molecule has 0 aromatic heterocycles. The van der Waals surface area contributed by atoms with Gasteiger partial charge in [0.1, 0.15) is 17.5 Å². The number of fused-ring (bicyclic) bond motifs is 1. The number of amides is 3. The van der Waals surface area contributed by atoms with Gasteiger partial charge in [0.2, 0.25) is 24.5 Å². The quantitative estimate of drug-likeness (QED) is 0.502. The van der Waals surface area contributed by atoms with E-state index in [1.165, 1.54) is 11.3 Å². The maximum Gasteiger partial charge on any atom is 0.243 e. The van der Waals surface area contributed by atoms with Crippen molar-refractivity contribution in [1.29, 1.82) is 0 Å². The van der Waals surface area contributed by atoms with Gasteiger partial charge in [-0.25, -0.2) is 0 Å². The smallest absolute Gasteiger partial charge is 0.243 e. The van der Waals surface area contributed by atoms with Crippen molar-refractivity contribution < 1.29 is 28.1 Å². The number of benzene rings is 2. The Labute approximate surface area is 225 Å². The lowest BCUT2D eigenvalue weighted by Gasteiger charge is -2.32. The van der Waals surface area contributed by atoms with Crippen molar-refractivity contribution in [2.24, 2.45) is 0 Å². The normalized spacial score (nSPS) is 16.4. The number of nitrogens with zero attached hydrogens (tertiary/aromatic N) is 1. The van der Waals surface area contributed by atoms with Crippen LogP contribution in [0.15, 0.2) is 36.4 Å². The van der Waals surface area contributed by atoms with Gasteiger partial charge in [-0.15, -0.1) is 0 Å². The molecule has 204 valence electrons. The third kappa shape index (κ3) is 6.92. The molecule has 0 spiro atoms. The van der Waals surface area contributed by atoms with Gasteiger partial charge in [-0.3, -0.25) is 23.5 Å². The van der Waals surface area contributed by atoms with Gasteiger partial charge in [0.15, 0.2) is 11.5 Å². The van der Waals surface area contributed by atoms with Crippen LogP contribution in [0.25, 0.3) is 0 Å². The number of aryl methyl sites for hydroxylation is 2. The molecule has 0 unspecified atom stereocenters. The summed E-state index contributed by atoms with van der Waals surface area (Å²) in [4.78, 5) is 40.6. The van der Waals surface area contributed by atoms with Crippen LogP contribution in [-0.2, 0) is 25.2 Å². The summed E-state index contributed by atoms with van der Waals surface area (Å²) in [6.45, 7) is 5.64. The lowest BCUT2D eigenvalue weighted by Crippen LogP contribution is -2.52. The van der Waals surface area contributed by atoms with Crippen LogP contribution in [0.3, 0.4) is 0 Å². The average Bonchev–Trinajstić information content (AvgIpc) is 3.33. The number of anilines is 2. The molecule has 0 radical (unpaired) electrons. The van der Waals surface area contributed by atoms with Gasteiger partial charge in [0.25, 0.3) is 0 Å².